The fraction of sp³-hybridized carbons (Fsp3) is 0.632. The molecule has 0 bridgehead atoms. The predicted octanol–water partition coefficient (Wildman–Crippen LogP) is 3.23. The summed E-state index contributed by atoms with van der Waals surface area (Å²) in [7, 11) is 0. The second kappa shape index (κ2) is 7.48. The van der Waals surface area contributed by atoms with Crippen LogP contribution in [-0.2, 0) is 24.2 Å². The lowest BCUT2D eigenvalue weighted by Crippen LogP contribution is -2.35. The molecule has 2 aromatic heterocycles. The number of hydrogen-bond donors (Lipinski definition) is 2. The fourth-order valence-corrected chi connectivity index (χ4v) is 5.65. The van der Waals surface area contributed by atoms with Crippen LogP contribution in [0.25, 0.3) is 10.2 Å². The van der Waals surface area contributed by atoms with Crippen LogP contribution in [0.5, 0.6) is 0 Å². The molecule has 3 heterocycles. The lowest BCUT2D eigenvalue weighted by Gasteiger charge is -2.32. The van der Waals surface area contributed by atoms with Gasteiger partial charge in [0.25, 0.3) is 0 Å². The van der Waals surface area contributed by atoms with Gasteiger partial charge in [-0.15, -0.1) is 11.3 Å². The van der Waals surface area contributed by atoms with Crippen LogP contribution in [0.15, 0.2) is 0 Å². The van der Waals surface area contributed by atoms with Crippen molar-refractivity contribution in [2.45, 2.75) is 57.9 Å². The molecular weight excluding hydrogens is 348 g/mol. The number of aliphatic carboxylic acids is 1. The highest BCUT2D eigenvalue weighted by Crippen LogP contribution is 2.37. The second-order valence-corrected chi connectivity index (χ2v) is 8.68. The normalized spacial score (nSPS) is 21.0. The Morgan fingerprint density at radius 1 is 1.27 bits per heavy atom. The number of nitrogens with zero attached hydrogens (tertiary/aromatic N) is 3. The van der Waals surface area contributed by atoms with Gasteiger partial charge in [0.2, 0.25) is 0 Å². The molecule has 140 valence electrons. The van der Waals surface area contributed by atoms with Crippen LogP contribution in [0, 0.1) is 5.92 Å². The van der Waals surface area contributed by atoms with Gasteiger partial charge in [-0.1, -0.05) is 0 Å². The van der Waals surface area contributed by atoms with E-state index in [4.69, 9.17) is 15.8 Å². The number of carbonyl (C=O) groups is 1. The van der Waals surface area contributed by atoms with Crippen molar-refractivity contribution < 1.29 is 9.90 Å². The minimum Gasteiger partial charge on any atom is -0.481 e. The molecule has 1 aliphatic carbocycles. The first-order chi connectivity index (χ1) is 12.6. The summed E-state index contributed by atoms with van der Waals surface area (Å²) in [5.41, 5.74) is 7.69. The fourth-order valence-electron chi connectivity index (χ4n) is 4.36. The summed E-state index contributed by atoms with van der Waals surface area (Å²) in [5, 5.41) is 9.99. The number of carboxylic acids is 1. The highest BCUT2D eigenvalue weighted by atomic mass is 32.1. The first kappa shape index (κ1) is 17.7. The van der Waals surface area contributed by atoms with Crippen molar-refractivity contribution in [2.75, 3.05) is 18.8 Å². The molecule has 0 spiro atoms. The highest BCUT2D eigenvalue weighted by Gasteiger charge is 2.23. The van der Waals surface area contributed by atoms with Crippen LogP contribution in [0.3, 0.4) is 0 Å². The van der Waals surface area contributed by atoms with Gasteiger partial charge in [-0.05, 0) is 63.0 Å². The molecule has 6 nitrogen and oxygen atoms in total. The van der Waals surface area contributed by atoms with Crippen LogP contribution in [0.2, 0.25) is 0 Å². The number of piperidine rings is 1. The number of nitrogens with two attached hydrogens (primary N) is 1. The molecule has 1 fully saturated rings. The summed E-state index contributed by atoms with van der Waals surface area (Å²) in [6, 6.07) is 0. The van der Waals surface area contributed by atoms with Crippen LogP contribution < -0.4 is 5.73 Å². The van der Waals surface area contributed by atoms with E-state index in [0.29, 0.717) is 18.3 Å². The van der Waals surface area contributed by atoms with E-state index in [1.54, 1.807) is 11.3 Å². The van der Waals surface area contributed by atoms with Crippen molar-refractivity contribution >= 4 is 33.3 Å². The summed E-state index contributed by atoms with van der Waals surface area (Å²) in [6.45, 7) is 2.65. The lowest BCUT2D eigenvalue weighted by molar-refractivity contribution is -0.137. The Morgan fingerprint density at radius 3 is 2.96 bits per heavy atom. The van der Waals surface area contributed by atoms with Gasteiger partial charge in [-0.25, -0.2) is 9.97 Å². The first-order valence-electron chi connectivity index (χ1n) is 9.61. The van der Waals surface area contributed by atoms with Crippen LogP contribution in [0.1, 0.15) is 54.8 Å². The number of thiophene rings is 1. The number of nitrogen functional groups attached to an aromatic ring is 1. The van der Waals surface area contributed by atoms with Crippen LogP contribution in [0.4, 0.5) is 5.82 Å². The third-order valence-corrected chi connectivity index (χ3v) is 6.81. The van der Waals surface area contributed by atoms with Crippen LogP contribution >= 0.6 is 11.3 Å². The topological polar surface area (TPSA) is 92.3 Å². The summed E-state index contributed by atoms with van der Waals surface area (Å²) < 4.78 is 0. The van der Waals surface area contributed by atoms with E-state index in [1.807, 2.05) is 0 Å². The third-order valence-electron chi connectivity index (χ3n) is 5.62. The monoisotopic (exact) mass is 374 g/mol. The van der Waals surface area contributed by atoms with Gasteiger partial charge in [0.1, 0.15) is 16.5 Å². The summed E-state index contributed by atoms with van der Waals surface area (Å²) in [5.74, 6) is 1.18. The molecule has 0 amide bonds. The Hall–Kier alpha value is -1.73. The van der Waals surface area contributed by atoms with E-state index in [0.717, 1.165) is 61.2 Å². The number of likely N-dealkylation sites (tertiary alicyclic amines) is 1. The van der Waals surface area contributed by atoms with Crippen LogP contribution in [-0.4, -0.2) is 39.0 Å². The molecule has 2 aliphatic rings. The van der Waals surface area contributed by atoms with E-state index in [2.05, 4.69) is 9.88 Å². The maximum absolute atomic E-state index is 10.8. The Bertz CT molecular complexity index is 819. The molecule has 1 atom stereocenters. The predicted molar refractivity (Wildman–Crippen MR) is 103 cm³/mol. The molecular formula is C19H26N4O2S. The maximum Gasteiger partial charge on any atom is 0.303 e. The number of anilines is 1. The largest absolute Gasteiger partial charge is 0.481 e. The van der Waals surface area contributed by atoms with Gasteiger partial charge >= 0.3 is 5.97 Å². The van der Waals surface area contributed by atoms with Crippen molar-refractivity contribution in [1.82, 2.24) is 14.9 Å². The van der Waals surface area contributed by atoms with Crippen molar-refractivity contribution in [3.63, 3.8) is 0 Å². The standard InChI is InChI=1S/C19H26N4O2S/c20-18-17-13-5-1-2-6-14(13)26-19(17)22-15(21-18)11-23-9-3-4-12(10-23)7-8-16(24)25/h12H,1-11H2,(H,24,25)(H2,20,21,22). The molecule has 0 aromatic carbocycles. The van der Waals surface area contributed by atoms with E-state index < -0.39 is 5.97 Å². The highest BCUT2D eigenvalue weighted by molar-refractivity contribution is 7.19. The van der Waals surface area contributed by atoms with Gasteiger partial charge in [-0.2, -0.15) is 0 Å². The zero-order valence-electron chi connectivity index (χ0n) is 15.0. The lowest BCUT2D eigenvalue weighted by atomic mass is 9.93. The minimum absolute atomic E-state index is 0.259. The molecule has 1 unspecified atom stereocenters. The smallest absolute Gasteiger partial charge is 0.303 e. The molecule has 1 saturated heterocycles. The first-order valence-corrected chi connectivity index (χ1v) is 10.4. The van der Waals surface area contributed by atoms with Crippen molar-refractivity contribution in [3.8, 4) is 0 Å². The Kier molecular flexibility index (Phi) is 5.09. The maximum atomic E-state index is 10.8. The average Bonchev–Trinajstić information content (AvgIpc) is 2.99. The van der Waals surface area contributed by atoms with E-state index in [1.165, 1.54) is 23.3 Å². The molecule has 26 heavy (non-hydrogen) atoms. The Labute approximate surface area is 157 Å². The zero-order chi connectivity index (χ0) is 18.1. The summed E-state index contributed by atoms with van der Waals surface area (Å²) in [4.78, 5) is 25.1. The van der Waals surface area contributed by atoms with Gasteiger partial charge in [0, 0.05) is 17.8 Å². The molecule has 0 saturated carbocycles. The molecule has 4 rings (SSSR count). The summed E-state index contributed by atoms with van der Waals surface area (Å²) in [6.07, 6.45) is 7.96. The average molecular weight is 375 g/mol. The number of carboxylic acid groups (broad SMARTS) is 1. The van der Waals surface area contributed by atoms with Gasteiger partial charge < -0.3 is 10.8 Å². The van der Waals surface area contributed by atoms with E-state index in [-0.39, 0.29) is 6.42 Å². The Morgan fingerprint density at radius 2 is 2.12 bits per heavy atom. The Balaban J connectivity index is 1.49. The number of aryl methyl sites for hydroxylation is 2. The summed E-state index contributed by atoms with van der Waals surface area (Å²) >= 11 is 1.79. The number of aromatic nitrogens is 2. The van der Waals surface area contributed by atoms with Crippen molar-refractivity contribution in [1.29, 1.82) is 0 Å². The quantitative estimate of drug-likeness (QED) is 0.835. The zero-order valence-corrected chi connectivity index (χ0v) is 15.9. The molecule has 1 aliphatic heterocycles. The molecule has 0 radical (unpaired) electrons. The van der Waals surface area contributed by atoms with E-state index >= 15 is 0 Å². The molecule has 7 heteroatoms. The van der Waals surface area contributed by atoms with Gasteiger partial charge in [0.05, 0.1) is 11.9 Å². The minimum atomic E-state index is -0.703. The van der Waals surface area contributed by atoms with Crippen molar-refractivity contribution in [2.24, 2.45) is 5.92 Å². The number of rotatable bonds is 5. The van der Waals surface area contributed by atoms with Gasteiger partial charge in [0.15, 0.2) is 0 Å². The number of hydrogen-bond acceptors (Lipinski definition) is 6. The molecule has 3 N–H and O–H groups in total. The van der Waals surface area contributed by atoms with Crippen molar-refractivity contribution in [3.05, 3.63) is 16.3 Å². The van der Waals surface area contributed by atoms with E-state index in [9.17, 15) is 4.79 Å². The third kappa shape index (κ3) is 3.69. The second-order valence-electron chi connectivity index (χ2n) is 7.59. The van der Waals surface area contributed by atoms with Gasteiger partial charge in [-0.3, -0.25) is 9.69 Å². The SMILES string of the molecule is Nc1nc(CN2CCCC(CCC(=O)O)C2)nc2sc3c(c12)CCCC3. The number of fused-ring (bicyclic) bond motifs is 3. The molecule has 2 aromatic rings.